The Morgan fingerprint density at radius 1 is 0.846 bits per heavy atom. The van der Waals surface area contributed by atoms with Gasteiger partial charge in [0, 0.05) is 17.9 Å². The Morgan fingerprint density at radius 3 is 2.10 bits per heavy atom. The van der Waals surface area contributed by atoms with E-state index in [1.54, 1.807) is 11.8 Å². The lowest BCUT2D eigenvalue weighted by Gasteiger charge is -2.17. The topological polar surface area (TPSA) is 59.8 Å². The fourth-order valence-electron chi connectivity index (χ4n) is 4.83. The first-order chi connectivity index (χ1) is 19.0. The molecular formula is C33H48N4OS. The molecule has 0 fully saturated rings. The summed E-state index contributed by atoms with van der Waals surface area (Å²) in [6.45, 7) is 8.49. The molecule has 1 aromatic heterocycles. The maximum absolute atomic E-state index is 12.8. The molecule has 0 spiro atoms. The summed E-state index contributed by atoms with van der Waals surface area (Å²) in [6, 6.07) is 16.6. The van der Waals surface area contributed by atoms with Gasteiger partial charge in [0.05, 0.1) is 6.04 Å². The van der Waals surface area contributed by atoms with Gasteiger partial charge in [-0.2, -0.15) is 0 Å². The summed E-state index contributed by atoms with van der Waals surface area (Å²) in [7, 11) is 0. The number of benzene rings is 2. The van der Waals surface area contributed by atoms with Gasteiger partial charge in [-0.25, -0.2) is 0 Å². The van der Waals surface area contributed by atoms with Crippen molar-refractivity contribution in [2.45, 2.75) is 122 Å². The Labute approximate surface area is 240 Å². The number of aromatic nitrogens is 3. The smallest absolute Gasteiger partial charge is 0.220 e. The van der Waals surface area contributed by atoms with Gasteiger partial charge in [-0.1, -0.05) is 125 Å². The van der Waals surface area contributed by atoms with E-state index < -0.39 is 0 Å². The van der Waals surface area contributed by atoms with E-state index in [9.17, 15) is 4.79 Å². The van der Waals surface area contributed by atoms with Gasteiger partial charge in [0.15, 0.2) is 11.0 Å². The minimum absolute atomic E-state index is 0.0889. The number of rotatable bonds is 18. The van der Waals surface area contributed by atoms with Crippen LogP contribution >= 0.6 is 11.8 Å². The molecule has 2 aromatic carbocycles. The molecule has 1 amide bonds. The third-order valence-corrected chi connectivity index (χ3v) is 8.32. The maximum atomic E-state index is 12.8. The van der Waals surface area contributed by atoms with Crippen LogP contribution in [0.25, 0.3) is 5.69 Å². The predicted molar refractivity (Wildman–Crippen MR) is 164 cm³/mol. The number of carbonyl (C=O) groups excluding carboxylic acids is 1. The highest BCUT2D eigenvalue weighted by Gasteiger charge is 2.21. The van der Waals surface area contributed by atoms with Crippen LogP contribution in [0, 0.1) is 13.8 Å². The van der Waals surface area contributed by atoms with Crippen LogP contribution in [0.3, 0.4) is 0 Å². The highest BCUT2D eigenvalue weighted by molar-refractivity contribution is 7.98. The molecule has 0 radical (unpaired) electrons. The Bertz CT molecular complexity index is 1120. The first-order valence-corrected chi connectivity index (χ1v) is 16.0. The van der Waals surface area contributed by atoms with Gasteiger partial charge in [0.25, 0.3) is 0 Å². The summed E-state index contributed by atoms with van der Waals surface area (Å²) in [5, 5.41) is 13.1. The van der Waals surface area contributed by atoms with Crippen molar-refractivity contribution in [2.24, 2.45) is 0 Å². The van der Waals surface area contributed by atoms with Gasteiger partial charge in [0.2, 0.25) is 5.91 Å². The quantitative estimate of drug-likeness (QED) is 0.127. The van der Waals surface area contributed by atoms with E-state index in [1.807, 2.05) is 6.92 Å². The van der Waals surface area contributed by atoms with E-state index in [0.717, 1.165) is 35.3 Å². The normalized spacial score (nSPS) is 12.0. The average Bonchev–Trinajstić information content (AvgIpc) is 3.36. The van der Waals surface area contributed by atoms with Crippen LogP contribution in [0.2, 0.25) is 0 Å². The second kappa shape index (κ2) is 17.2. The fourth-order valence-corrected chi connectivity index (χ4v) is 5.87. The van der Waals surface area contributed by atoms with Crippen LogP contribution in [0.1, 0.15) is 119 Å². The van der Waals surface area contributed by atoms with Gasteiger partial charge in [-0.3, -0.25) is 9.36 Å². The van der Waals surface area contributed by atoms with Crippen molar-refractivity contribution in [1.29, 1.82) is 0 Å². The van der Waals surface area contributed by atoms with Crippen molar-refractivity contribution in [3.8, 4) is 5.69 Å². The Kier molecular flexibility index (Phi) is 13.6. The molecule has 0 aliphatic carbocycles. The number of amides is 1. The molecule has 0 saturated carbocycles. The third-order valence-electron chi connectivity index (χ3n) is 7.34. The minimum atomic E-state index is -0.230. The number of hydrogen-bond donors (Lipinski definition) is 1. The molecule has 1 N–H and O–H groups in total. The fraction of sp³-hybridized carbons (Fsp3) is 0.545. The van der Waals surface area contributed by atoms with Crippen molar-refractivity contribution in [1.82, 2.24) is 20.1 Å². The molecule has 1 heterocycles. The Hall–Kier alpha value is -2.60. The number of aryl methyl sites for hydroxylation is 2. The van der Waals surface area contributed by atoms with Gasteiger partial charge >= 0.3 is 0 Å². The van der Waals surface area contributed by atoms with Crippen molar-refractivity contribution < 1.29 is 4.79 Å². The van der Waals surface area contributed by atoms with E-state index in [-0.39, 0.29) is 11.9 Å². The summed E-state index contributed by atoms with van der Waals surface area (Å²) in [6.07, 6.45) is 14.7. The molecule has 3 rings (SSSR count). The lowest BCUT2D eigenvalue weighted by molar-refractivity contribution is -0.121. The van der Waals surface area contributed by atoms with E-state index in [0.29, 0.717) is 6.42 Å². The van der Waals surface area contributed by atoms with Gasteiger partial charge < -0.3 is 5.32 Å². The van der Waals surface area contributed by atoms with E-state index in [2.05, 4.69) is 89.4 Å². The number of nitrogens with one attached hydrogen (secondary N) is 1. The number of carbonyl (C=O) groups is 1. The van der Waals surface area contributed by atoms with Crippen molar-refractivity contribution in [3.05, 3.63) is 71.0 Å². The molecular weight excluding hydrogens is 500 g/mol. The number of hydrogen-bond acceptors (Lipinski definition) is 4. The third kappa shape index (κ3) is 10.5. The van der Waals surface area contributed by atoms with Crippen molar-refractivity contribution in [2.75, 3.05) is 0 Å². The van der Waals surface area contributed by atoms with Crippen LogP contribution in [0.4, 0.5) is 0 Å². The van der Waals surface area contributed by atoms with E-state index in [4.69, 9.17) is 0 Å². The molecule has 1 unspecified atom stereocenters. The lowest BCUT2D eigenvalue weighted by atomic mass is 10.1. The largest absolute Gasteiger partial charge is 0.346 e. The summed E-state index contributed by atoms with van der Waals surface area (Å²) in [5.74, 6) is 1.67. The molecule has 0 bridgehead atoms. The number of nitrogens with zero attached hydrogens (tertiary/aromatic N) is 3. The van der Waals surface area contributed by atoms with Crippen LogP contribution in [0.5, 0.6) is 0 Å². The van der Waals surface area contributed by atoms with Gasteiger partial charge in [-0.15, -0.1) is 10.2 Å². The monoisotopic (exact) mass is 548 g/mol. The molecule has 5 nitrogen and oxygen atoms in total. The molecule has 0 saturated heterocycles. The summed E-state index contributed by atoms with van der Waals surface area (Å²) >= 11 is 1.68. The number of unbranched alkanes of at least 4 members (excludes halogenated alkanes) is 10. The predicted octanol–water partition coefficient (Wildman–Crippen LogP) is 9.05. The van der Waals surface area contributed by atoms with Gasteiger partial charge in [-0.05, 0) is 50.5 Å². The van der Waals surface area contributed by atoms with E-state index in [1.165, 1.54) is 74.5 Å². The van der Waals surface area contributed by atoms with Crippen molar-refractivity contribution >= 4 is 17.7 Å². The average molecular weight is 549 g/mol. The Balaban J connectivity index is 1.51. The number of thioether (sulfide) groups is 1. The van der Waals surface area contributed by atoms with Crippen molar-refractivity contribution in [3.63, 3.8) is 0 Å². The van der Waals surface area contributed by atoms with E-state index >= 15 is 0 Å². The molecule has 3 aromatic rings. The molecule has 39 heavy (non-hydrogen) atoms. The first-order valence-electron chi connectivity index (χ1n) is 15.0. The van der Waals surface area contributed by atoms with Crippen LogP contribution in [-0.2, 0) is 10.5 Å². The zero-order valence-electron chi connectivity index (χ0n) is 24.5. The molecule has 0 aliphatic rings. The highest BCUT2D eigenvalue weighted by Crippen LogP contribution is 2.28. The summed E-state index contributed by atoms with van der Waals surface area (Å²) < 4.78 is 2.09. The maximum Gasteiger partial charge on any atom is 0.220 e. The zero-order chi connectivity index (χ0) is 27.9. The molecule has 212 valence electrons. The second-order valence-electron chi connectivity index (χ2n) is 10.8. The molecule has 6 heteroatoms. The lowest BCUT2D eigenvalue weighted by Crippen LogP contribution is -2.28. The summed E-state index contributed by atoms with van der Waals surface area (Å²) in [5.41, 5.74) is 4.78. The van der Waals surface area contributed by atoms with Gasteiger partial charge in [0.1, 0.15) is 0 Å². The highest BCUT2D eigenvalue weighted by atomic mass is 32.2. The summed E-state index contributed by atoms with van der Waals surface area (Å²) in [4.78, 5) is 12.8. The standard InChI is InChI=1S/C33H48N4OS/c1-5-6-7-8-9-10-11-12-13-14-15-20-31(38)34-28(4)32-35-36-33(37(32)30-23-21-26(2)22-24-30)39-25-29-19-17-16-18-27(29)3/h16-19,21-24,28H,5-15,20,25H2,1-4H3,(H,34,38). The SMILES string of the molecule is CCCCCCCCCCCCCC(=O)NC(C)c1nnc(SCc2ccccc2C)n1-c1ccc(C)cc1. The molecule has 0 aliphatic heterocycles. The van der Waals surface area contributed by atoms with Crippen LogP contribution in [-0.4, -0.2) is 20.7 Å². The van der Waals surface area contributed by atoms with Crippen LogP contribution in [0.15, 0.2) is 53.7 Å². The second-order valence-corrected chi connectivity index (χ2v) is 11.7. The minimum Gasteiger partial charge on any atom is -0.346 e. The Morgan fingerprint density at radius 2 is 1.46 bits per heavy atom. The zero-order valence-corrected chi connectivity index (χ0v) is 25.4. The van der Waals surface area contributed by atoms with Crippen LogP contribution < -0.4 is 5.32 Å². The molecule has 1 atom stereocenters. The first kappa shape index (κ1) is 30.9.